The molecule has 0 fully saturated rings. The van der Waals surface area contributed by atoms with E-state index < -0.39 is 0 Å². The van der Waals surface area contributed by atoms with Gasteiger partial charge in [-0.25, -0.2) is 0 Å². The number of para-hydroxylation sites is 1. The van der Waals surface area contributed by atoms with E-state index in [4.69, 9.17) is 4.99 Å². The lowest BCUT2D eigenvalue weighted by Gasteiger charge is -2.25. The maximum absolute atomic E-state index is 5.17. The zero-order chi connectivity index (χ0) is 30.5. The zero-order valence-corrected chi connectivity index (χ0v) is 25.5. The average Bonchev–Trinajstić information content (AvgIpc) is 3.75. The molecule has 46 heavy (non-hydrogen) atoms. The lowest BCUT2D eigenvalue weighted by molar-refractivity contribution is 0.663. The summed E-state index contributed by atoms with van der Waals surface area (Å²) in [6.45, 7) is 0. The normalized spacial score (nSPS) is 14.7. The number of pyridine rings is 2. The molecule has 0 spiro atoms. The summed E-state index contributed by atoms with van der Waals surface area (Å²) in [7, 11) is 0. The predicted octanol–water partition coefficient (Wildman–Crippen LogP) is 9.59. The lowest BCUT2D eigenvalue weighted by atomic mass is 10.00. The summed E-state index contributed by atoms with van der Waals surface area (Å²) in [5, 5.41) is 9.73. The number of aliphatic imine (C=N–C) groups is 1. The van der Waals surface area contributed by atoms with Gasteiger partial charge >= 0.3 is 0 Å². The molecule has 5 heterocycles. The number of nitrogens with zero attached hydrogens (tertiary/aromatic N) is 4. The molecule has 4 aromatic heterocycles. The SMILES string of the molecule is C1=C(c2ccc(-c3ccncc3)cc2)NC(c2ccncc2)N=C1c1ccc(-n2c3ccccc3c3c4sccc4ccc32)cc1. The smallest absolute Gasteiger partial charge is 0.145 e. The monoisotopic (exact) mass is 609 g/mol. The van der Waals surface area contributed by atoms with Gasteiger partial charge in [-0.05, 0) is 99.3 Å². The minimum atomic E-state index is -0.233. The molecule has 0 saturated heterocycles. The standard InChI is InChI=1S/C40H27N5S/c1-2-4-36-33(3-1)38-37(14-11-30-19-24-46-39(30)38)45(36)32-12-9-29(10-13-32)35-25-34(43-40(44-35)31-17-22-42-23-18-31)28-7-5-26(6-8-28)27-15-20-41-21-16-27/h1-25,40,43H. The maximum atomic E-state index is 5.17. The van der Waals surface area contributed by atoms with Crippen molar-refractivity contribution in [3.05, 3.63) is 168 Å². The van der Waals surface area contributed by atoms with Gasteiger partial charge in [0.1, 0.15) is 6.17 Å². The third kappa shape index (κ3) is 4.50. The first-order valence-corrected chi connectivity index (χ1v) is 16.2. The van der Waals surface area contributed by atoms with Gasteiger partial charge in [0.2, 0.25) is 0 Å². The van der Waals surface area contributed by atoms with Crippen LogP contribution in [0.4, 0.5) is 0 Å². The number of aromatic nitrogens is 3. The summed E-state index contributed by atoms with van der Waals surface area (Å²) in [6.07, 6.45) is 9.21. The molecule has 1 atom stereocenters. The first kappa shape index (κ1) is 26.5. The van der Waals surface area contributed by atoms with Crippen molar-refractivity contribution in [3.8, 4) is 16.8 Å². The van der Waals surface area contributed by atoms with Gasteiger partial charge in [-0.3, -0.25) is 15.0 Å². The topological polar surface area (TPSA) is 55.1 Å². The molecule has 9 rings (SSSR count). The number of rotatable bonds is 5. The van der Waals surface area contributed by atoms with Crippen LogP contribution >= 0.6 is 11.3 Å². The van der Waals surface area contributed by atoms with Gasteiger partial charge in [-0.2, -0.15) is 0 Å². The van der Waals surface area contributed by atoms with Crippen LogP contribution in [0, 0.1) is 0 Å². The van der Waals surface area contributed by atoms with Crippen molar-refractivity contribution in [2.45, 2.75) is 6.17 Å². The van der Waals surface area contributed by atoms with Gasteiger partial charge < -0.3 is 9.88 Å². The van der Waals surface area contributed by atoms with E-state index in [0.29, 0.717) is 0 Å². The minimum absolute atomic E-state index is 0.233. The molecule has 8 aromatic rings. The molecule has 1 aliphatic rings. The Kier molecular flexibility index (Phi) is 6.32. The third-order valence-corrected chi connectivity index (χ3v) is 9.70. The molecule has 0 saturated carbocycles. The van der Waals surface area contributed by atoms with Gasteiger partial charge in [0.15, 0.2) is 0 Å². The van der Waals surface area contributed by atoms with Crippen LogP contribution in [-0.4, -0.2) is 20.2 Å². The van der Waals surface area contributed by atoms with Crippen LogP contribution in [0.5, 0.6) is 0 Å². The fourth-order valence-electron chi connectivity index (χ4n) is 6.49. The number of allylic oxidation sites excluding steroid dienone is 1. The van der Waals surface area contributed by atoms with Crippen molar-refractivity contribution in [2.24, 2.45) is 4.99 Å². The van der Waals surface area contributed by atoms with Crippen LogP contribution in [0.15, 0.2) is 156 Å². The summed E-state index contributed by atoms with van der Waals surface area (Å²) in [4.78, 5) is 13.6. The zero-order valence-electron chi connectivity index (χ0n) is 24.7. The first-order chi connectivity index (χ1) is 22.8. The van der Waals surface area contributed by atoms with Crippen molar-refractivity contribution in [2.75, 3.05) is 0 Å². The highest BCUT2D eigenvalue weighted by atomic mass is 32.1. The molecule has 0 aliphatic carbocycles. The summed E-state index contributed by atoms with van der Waals surface area (Å²) >= 11 is 1.81. The highest BCUT2D eigenvalue weighted by Crippen LogP contribution is 2.39. The first-order valence-electron chi connectivity index (χ1n) is 15.3. The average molecular weight is 610 g/mol. The summed E-state index contributed by atoms with van der Waals surface area (Å²) in [5.41, 5.74) is 11.0. The van der Waals surface area contributed by atoms with E-state index in [2.05, 4.69) is 122 Å². The Labute approximate surface area is 269 Å². The number of hydrogen-bond donors (Lipinski definition) is 1. The number of thiophene rings is 1. The molecule has 5 nitrogen and oxygen atoms in total. The van der Waals surface area contributed by atoms with E-state index in [9.17, 15) is 0 Å². The highest BCUT2D eigenvalue weighted by molar-refractivity contribution is 7.18. The van der Waals surface area contributed by atoms with Gasteiger partial charge in [-0.1, -0.05) is 60.7 Å². The Morgan fingerprint density at radius 2 is 1.30 bits per heavy atom. The van der Waals surface area contributed by atoms with E-state index in [1.54, 1.807) is 0 Å². The van der Waals surface area contributed by atoms with Gasteiger partial charge in [0, 0.05) is 51.6 Å². The second-order valence-electron chi connectivity index (χ2n) is 11.4. The Morgan fingerprint density at radius 1 is 0.609 bits per heavy atom. The van der Waals surface area contributed by atoms with Crippen LogP contribution < -0.4 is 5.32 Å². The van der Waals surface area contributed by atoms with Crippen molar-refractivity contribution in [3.63, 3.8) is 0 Å². The van der Waals surface area contributed by atoms with Gasteiger partial charge in [-0.15, -0.1) is 11.3 Å². The van der Waals surface area contributed by atoms with Crippen LogP contribution in [0.3, 0.4) is 0 Å². The minimum Gasteiger partial charge on any atom is -0.360 e. The Bertz CT molecular complexity index is 2420. The van der Waals surface area contributed by atoms with E-state index in [1.165, 1.54) is 31.9 Å². The van der Waals surface area contributed by atoms with Gasteiger partial charge in [0.05, 0.1) is 16.7 Å². The molecule has 1 unspecified atom stereocenters. The maximum Gasteiger partial charge on any atom is 0.145 e. The quantitative estimate of drug-likeness (QED) is 0.211. The molecule has 0 bridgehead atoms. The predicted molar refractivity (Wildman–Crippen MR) is 190 cm³/mol. The Morgan fingerprint density at radius 3 is 2.11 bits per heavy atom. The fourth-order valence-corrected chi connectivity index (χ4v) is 7.44. The number of nitrogens with one attached hydrogen (secondary N) is 1. The second-order valence-corrected chi connectivity index (χ2v) is 12.3. The van der Waals surface area contributed by atoms with Gasteiger partial charge in [0.25, 0.3) is 0 Å². The molecule has 6 heteroatoms. The number of hydrogen-bond acceptors (Lipinski definition) is 5. The molecule has 218 valence electrons. The van der Waals surface area contributed by atoms with E-state index in [0.717, 1.165) is 44.9 Å². The molecular weight excluding hydrogens is 583 g/mol. The molecule has 1 aliphatic heterocycles. The molecular formula is C40H27N5S. The lowest BCUT2D eigenvalue weighted by Crippen LogP contribution is -2.24. The van der Waals surface area contributed by atoms with Crippen molar-refractivity contribution in [1.29, 1.82) is 0 Å². The molecule has 0 radical (unpaired) electrons. The fraction of sp³-hybridized carbons (Fsp3) is 0.0250. The third-order valence-electron chi connectivity index (χ3n) is 8.75. The van der Waals surface area contributed by atoms with E-state index in [1.807, 2.05) is 60.4 Å². The van der Waals surface area contributed by atoms with E-state index in [-0.39, 0.29) is 6.17 Å². The summed E-state index contributed by atoms with van der Waals surface area (Å²) in [5.74, 6) is 0. The second kappa shape index (κ2) is 10.9. The summed E-state index contributed by atoms with van der Waals surface area (Å²) < 4.78 is 3.71. The van der Waals surface area contributed by atoms with E-state index >= 15 is 0 Å². The molecule has 1 N–H and O–H groups in total. The highest BCUT2D eigenvalue weighted by Gasteiger charge is 2.20. The van der Waals surface area contributed by atoms with Crippen LogP contribution in [-0.2, 0) is 0 Å². The summed E-state index contributed by atoms with van der Waals surface area (Å²) in [6, 6.07) is 40.9. The van der Waals surface area contributed by atoms with Crippen molar-refractivity contribution < 1.29 is 0 Å². The Balaban J connectivity index is 1.12. The van der Waals surface area contributed by atoms with Crippen molar-refractivity contribution >= 4 is 54.6 Å². The van der Waals surface area contributed by atoms with Crippen LogP contribution in [0.1, 0.15) is 22.9 Å². The van der Waals surface area contributed by atoms with Crippen molar-refractivity contribution in [1.82, 2.24) is 19.9 Å². The number of benzene rings is 4. The van der Waals surface area contributed by atoms with Crippen LogP contribution in [0.25, 0.3) is 54.4 Å². The molecule has 0 amide bonds. The number of fused-ring (bicyclic) bond motifs is 5. The van der Waals surface area contributed by atoms with Crippen LogP contribution in [0.2, 0.25) is 0 Å². The molecule has 4 aromatic carbocycles. The Hall–Kier alpha value is -5.85. The largest absolute Gasteiger partial charge is 0.360 e.